The topological polar surface area (TPSA) is 125 Å². The van der Waals surface area contributed by atoms with Crippen molar-refractivity contribution in [1.29, 1.82) is 0 Å². The standard InChI is InChI=1S/C27H30F6N4O4S/c1-13(2)23(26(40)41)36-21-4-3-14(7-17(21)27(31,32)33)12-35-24(39)25-37(5-6-42-25)22(38)10-16(34)8-15-9-19(29)20(30)11-18(15)28/h3-4,7,9,11,13,16,23,25,36H,5-6,8,10,12,34H2,1-2H3,(H,35,39)(H,40,41). The number of alkyl halides is 3. The molecule has 0 aromatic heterocycles. The first-order valence-electron chi connectivity index (χ1n) is 12.9. The number of carboxylic acids is 1. The van der Waals surface area contributed by atoms with Crippen molar-refractivity contribution in [3.8, 4) is 0 Å². The van der Waals surface area contributed by atoms with E-state index in [1.54, 1.807) is 13.8 Å². The Morgan fingerprint density at radius 2 is 1.76 bits per heavy atom. The number of halogens is 6. The molecule has 0 bridgehead atoms. The number of carboxylic acid groups (broad SMARTS) is 1. The van der Waals surface area contributed by atoms with Gasteiger partial charge in [0, 0.05) is 43.1 Å². The molecule has 42 heavy (non-hydrogen) atoms. The largest absolute Gasteiger partial charge is 0.480 e. The highest BCUT2D eigenvalue weighted by atomic mass is 32.2. The quantitative estimate of drug-likeness (QED) is 0.220. The fourth-order valence-electron chi connectivity index (χ4n) is 4.38. The number of rotatable bonds is 11. The lowest BCUT2D eigenvalue weighted by Crippen LogP contribution is -2.46. The number of nitrogens with two attached hydrogens (primary N) is 1. The van der Waals surface area contributed by atoms with Crippen molar-refractivity contribution >= 4 is 35.2 Å². The lowest BCUT2D eigenvalue weighted by atomic mass is 10.0. The Balaban J connectivity index is 1.64. The van der Waals surface area contributed by atoms with Crippen molar-refractivity contribution in [3.63, 3.8) is 0 Å². The van der Waals surface area contributed by atoms with Crippen LogP contribution in [0.15, 0.2) is 30.3 Å². The molecule has 1 fully saturated rings. The predicted octanol–water partition coefficient (Wildman–Crippen LogP) is 4.12. The normalized spacial score (nSPS) is 16.8. The Labute approximate surface area is 242 Å². The summed E-state index contributed by atoms with van der Waals surface area (Å²) in [6, 6.07) is 2.05. The minimum atomic E-state index is -4.81. The molecule has 2 aromatic rings. The van der Waals surface area contributed by atoms with Crippen LogP contribution in [0.1, 0.15) is 37.0 Å². The molecule has 0 aliphatic carbocycles. The van der Waals surface area contributed by atoms with Crippen LogP contribution in [0.2, 0.25) is 0 Å². The van der Waals surface area contributed by atoms with Crippen LogP contribution in [-0.4, -0.2) is 57.5 Å². The maximum atomic E-state index is 14.0. The summed E-state index contributed by atoms with van der Waals surface area (Å²) < 4.78 is 81.9. The summed E-state index contributed by atoms with van der Waals surface area (Å²) in [4.78, 5) is 38.5. The zero-order valence-electron chi connectivity index (χ0n) is 22.6. The predicted molar refractivity (Wildman–Crippen MR) is 144 cm³/mol. The van der Waals surface area contributed by atoms with Gasteiger partial charge >= 0.3 is 12.1 Å². The Morgan fingerprint density at radius 3 is 2.38 bits per heavy atom. The second-order valence-electron chi connectivity index (χ2n) is 10.1. The SMILES string of the molecule is CC(C)C(Nc1ccc(CNC(=O)C2SCCN2C(=O)CC(N)Cc2cc(F)c(F)cc2F)cc1C(F)(F)F)C(=O)O. The number of carbonyl (C=O) groups is 3. The van der Waals surface area contributed by atoms with Gasteiger partial charge in [-0.25, -0.2) is 18.0 Å². The Bertz CT molecular complexity index is 1330. The summed E-state index contributed by atoms with van der Waals surface area (Å²) in [5, 5.41) is 13.3. The van der Waals surface area contributed by atoms with Crippen LogP contribution in [0.3, 0.4) is 0 Å². The van der Waals surface area contributed by atoms with Crippen LogP contribution in [0.4, 0.5) is 32.0 Å². The van der Waals surface area contributed by atoms with E-state index in [1.807, 2.05) is 0 Å². The first kappa shape index (κ1) is 33.0. The molecular formula is C27H30F6N4O4S. The number of amides is 2. The van der Waals surface area contributed by atoms with Gasteiger partial charge in [0.2, 0.25) is 5.91 Å². The number of carbonyl (C=O) groups excluding carboxylic acids is 2. The molecule has 0 spiro atoms. The van der Waals surface area contributed by atoms with E-state index in [0.29, 0.717) is 17.9 Å². The summed E-state index contributed by atoms with van der Waals surface area (Å²) in [6.45, 7) is 2.99. The van der Waals surface area contributed by atoms with Crippen LogP contribution in [0.25, 0.3) is 0 Å². The summed E-state index contributed by atoms with van der Waals surface area (Å²) in [5.41, 5.74) is 4.32. The van der Waals surface area contributed by atoms with Crippen LogP contribution in [0.5, 0.6) is 0 Å². The Hall–Kier alpha value is -3.46. The number of thioether (sulfide) groups is 1. The van der Waals surface area contributed by atoms with E-state index in [2.05, 4.69) is 10.6 Å². The molecule has 1 aliphatic heterocycles. The molecule has 15 heteroatoms. The molecule has 2 aromatic carbocycles. The van der Waals surface area contributed by atoms with Gasteiger partial charge < -0.3 is 26.4 Å². The Kier molecular flexibility index (Phi) is 10.8. The molecule has 1 heterocycles. The lowest BCUT2D eigenvalue weighted by molar-refractivity contribution is -0.140. The van der Waals surface area contributed by atoms with Crippen molar-refractivity contribution in [1.82, 2.24) is 10.2 Å². The molecule has 0 radical (unpaired) electrons. The van der Waals surface area contributed by atoms with Gasteiger partial charge in [0.05, 0.1) is 5.56 Å². The molecule has 3 rings (SSSR count). The second-order valence-corrected chi connectivity index (χ2v) is 11.3. The number of aliphatic carboxylic acids is 1. The maximum Gasteiger partial charge on any atom is 0.418 e. The van der Waals surface area contributed by atoms with Gasteiger partial charge in [0.25, 0.3) is 5.91 Å². The van der Waals surface area contributed by atoms with E-state index in [-0.39, 0.29) is 37.1 Å². The van der Waals surface area contributed by atoms with Crippen LogP contribution < -0.4 is 16.4 Å². The van der Waals surface area contributed by atoms with E-state index in [0.717, 1.165) is 23.9 Å². The molecular weight excluding hydrogens is 590 g/mol. The first-order chi connectivity index (χ1) is 19.6. The molecule has 230 valence electrons. The average Bonchev–Trinajstić information content (AvgIpc) is 3.39. The summed E-state index contributed by atoms with van der Waals surface area (Å²) >= 11 is 1.14. The van der Waals surface area contributed by atoms with Gasteiger partial charge in [-0.1, -0.05) is 19.9 Å². The van der Waals surface area contributed by atoms with Gasteiger partial charge in [-0.3, -0.25) is 9.59 Å². The summed E-state index contributed by atoms with van der Waals surface area (Å²) in [5.74, 6) is -6.20. The number of hydrogen-bond donors (Lipinski definition) is 4. The number of hydrogen-bond acceptors (Lipinski definition) is 6. The molecule has 8 nitrogen and oxygen atoms in total. The van der Waals surface area contributed by atoms with Gasteiger partial charge in [-0.05, 0) is 41.7 Å². The zero-order chi connectivity index (χ0) is 31.4. The molecule has 3 unspecified atom stereocenters. The van der Waals surface area contributed by atoms with Gasteiger partial charge in [0.1, 0.15) is 11.9 Å². The summed E-state index contributed by atoms with van der Waals surface area (Å²) in [6.07, 6.45) is -5.39. The van der Waals surface area contributed by atoms with Crippen molar-refractivity contribution in [3.05, 3.63) is 64.5 Å². The average molecular weight is 621 g/mol. The zero-order valence-corrected chi connectivity index (χ0v) is 23.4. The minimum absolute atomic E-state index is 0.0918. The van der Waals surface area contributed by atoms with Crippen molar-refractivity contribution in [2.75, 3.05) is 17.6 Å². The first-order valence-corrected chi connectivity index (χ1v) is 13.9. The smallest absolute Gasteiger partial charge is 0.418 e. The molecule has 3 atom stereocenters. The number of anilines is 1. The molecule has 2 amide bonds. The number of benzene rings is 2. The van der Waals surface area contributed by atoms with Crippen molar-refractivity contribution in [2.45, 2.75) is 56.9 Å². The third-order valence-corrected chi connectivity index (χ3v) is 7.75. The number of nitrogens with one attached hydrogen (secondary N) is 2. The van der Waals surface area contributed by atoms with Crippen LogP contribution >= 0.6 is 11.8 Å². The molecule has 1 saturated heterocycles. The van der Waals surface area contributed by atoms with Crippen molar-refractivity contribution in [2.24, 2.45) is 11.7 Å². The molecule has 5 N–H and O–H groups in total. The van der Waals surface area contributed by atoms with Gasteiger partial charge in [-0.15, -0.1) is 11.8 Å². The van der Waals surface area contributed by atoms with E-state index < -0.39 is 76.0 Å². The van der Waals surface area contributed by atoms with E-state index in [1.165, 1.54) is 11.0 Å². The van der Waals surface area contributed by atoms with Crippen molar-refractivity contribution < 1.29 is 45.8 Å². The molecule has 0 saturated carbocycles. The second kappa shape index (κ2) is 13.7. The van der Waals surface area contributed by atoms with Gasteiger partial charge in [-0.2, -0.15) is 13.2 Å². The monoisotopic (exact) mass is 620 g/mol. The fraction of sp³-hybridized carbons (Fsp3) is 0.444. The highest BCUT2D eigenvalue weighted by Crippen LogP contribution is 2.36. The third-order valence-electron chi connectivity index (χ3n) is 6.54. The highest BCUT2D eigenvalue weighted by Gasteiger charge is 2.37. The molecule has 1 aliphatic rings. The van der Waals surface area contributed by atoms with E-state index >= 15 is 0 Å². The summed E-state index contributed by atoms with van der Waals surface area (Å²) in [7, 11) is 0. The third kappa shape index (κ3) is 8.31. The van der Waals surface area contributed by atoms with Crippen LogP contribution in [-0.2, 0) is 33.5 Å². The lowest BCUT2D eigenvalue weighted by Gasteiger charge is -2.25. The van der Waals surface area contributed by atoms with Crippen LogP contribution in [0, 0.1) is 23.4 Å². The van der Waals surface area contributed by atoms with Gasteiger partial charge in [0.15, 0.2) is 17.0 Å². The Morgan fingerprint density at radius 1 is 1.10 bits per heavy atom. The van der Waals surface area contributed by atoms with E-state index in [9.17, 15) is 45.8 Å². The maximum absolute atomic E-state index is 14.0. The number of nitrogens with zero attached hydrogens (tertiary/aromatic N) is 1. The fourth-order valence-corrected chi connectivity index (χ4v) is 5.54. The minimum Gasteiger partial charge on any atom is -0.480 e. The van der Waals surface area contributed by atoms with E-state index in [4.69, 9.17) is 5.73 Å². The highest BCUT2D eigenvalue weighted by molar-refractivity contribution is 8.00.